The van der Waals surface area contributed by atoms with E-state index in [9.17, 15) is 4.79 Å². The molecular weight excluding hydrogens is 262 g/mol. The fourth-order valence-electron chi connectivity index (χ4n) is 2.37. The zero-order chi connectivity index (χ0) is 14.7. The molecule has 1 heterocycles. The Balaban J connectivity index is 2.29. The molecule has 0 N–H and O–H groups in total. The molecule has 3 heteroatoms. The fourth-order valence-corrected chi connectivity index (χ4v) is 2.37. The van der Waals surface area contributed by atoms with E-state index in [1.165, 1.54) is 0 Å². The summed E-state index contributed by atoms with van der Waals surface area (Å²) in [6.45, 7) is 4.13. The molecule has 0 bridgehead atoms. The van der Waals surface area contributed by atoms with Gasteiger partial charge in [-0.15, -0.1) is 6.58 Å². The van der Waals surface area contributed by atoms with Gasteiger partial charge in [0.2, 0.25) is 0 Å². The largest absolute Gasteiger partial charge is 0.420 e. The molecule has 0 saturated heterocycles. The Morgan fingerprint density at radius 3 is 2.10 bits per heavy atom. The molecule has 0 fully saturated rings. The Hall–Kier alpha value is -2.81. The van der Waals surface area contributed by atoms with Crippen LogP contribution in [0.2, 0.25) is 0 Å². The number of hydrogen-bond acceptors (Lipinski definition) is 2. The van der Waals surface area contributed by atoms with Gasteiger partial charge in [0, 0.05) is 17.7 Å². The van der Waals surface area contributed by atoms with E-state index in [-0.39, 0.29) is 5.76 Å². The Kier molecular flexibility index (Phi) is 3.56. The number of nitrogens with zero attached hydrogens (tertiary/aromatic N) is 1. The fraction of sp³-hybridized carbons (Fsp3) is 0.0556. The Morgan fingerprint density at radius 1 is 0.952 bits per heavy atom. The zero-order valence-corrected chi connectivity index (χ0v) is 11.5. The summed E-state index contributed by atoms with van der Waals surface area (Å²) < 4.78 is 7.10. The van der Waals surface area contributed by atoms with Crippen LogP contribution in [0.25, 0.3) is 22.6 Å². The number of rotatable bonds is 4. The van der Waals surface area contributed by atoms with E-state index < -0.39 is 0 Å². The highest BCUT2D eigenvalue weighted by molar-refractivity contribution is 5.77. The normalized spacial score (nSPS) is 10.5. The second-order valence-electron chi connectivity index (χ2n) is 4.68. The highest BCUT2D eigenvalue weighted by Crippen LogP contribution is 2.31. The van der Waals surface area contributed by atoms with Gasteiger partial charge in [0.25, 0.3) is 0 Å². The molecule has 2 aromatic carbocycles. The molecule has 3 nitrogen and oxygen atoms in total. The molecular formula is C18H15NO2. The number of allylic oxidation sites excluding steroid dienone is 1. The minimum Gasteiger partial charge on any atom is -0.407 e. The summed E-state index contributed by atoms with van der Waals surface area (Å²) in [5, 5.41) is 0. The number of oxazole rings is 1. The summed E-state index contributed by atoms with van der Waals surface area (Å²) in [5.41, 5.74) is 2.62. The first kappa shape index (κ1) is 13.2. The lowest BCUT2D eigenvalue weighted by Crippen LogP contribution is -2.14. The minimum atomic E-state index is -0.368. The molecule has 3 aromatic rings. The summed E-state index contributed by atoms with van der Waals surface area (Å²) in [6, 6.07) is 19.4. The van der Waals surface area contributed by atoms with Gasteiger partial charge in [-0.05, 0) is 0 Å². The average molecular weight is 277 g/mol. The van der Waals surface area contributed by atoms with Crippen LogP contribution < -0.4 is 5.76 Å². The molecule has 0 amide bonds. The van der Waals surface area contributed by atoms with Crippen molar-refractivity contribution in [1.82, 2.24) is 4.57 Å². The molecule has 3 rings (SSSR count). The highest BCUT2D eigenvalue weighted by Gasteiger charge is 2.18. The maximum Gasteiger partial charge on any atom is 0.420 e. The first-order valence-electron chi connectivity index (χ1n) is 6.76. The molecule has 1 aromatic heterocycles. The van der Waals surface area contributed by atoms with E-state index >= 15 is 0 Å². The van der Waals surface area contributed by atoms with Crippen LogP contribution in [-0.4, -0.2) is 4.57 Å². The third kappa shape index (κ3) is 2.46. The van der Waals surface area contributed by atoms with Gasteiger partial charge in [0.1, 0.15) is 0 Å². The SMILES string of the molecule is C=CCn1c(-c2ccccc2)c(-c2ccccc2)oc1=O. The van der Waals surface area contributed by atoms with Crippen molar-refractivity contribution in [2.24, 2.45) is 0 Å². The van der Waals surface area contributed by atoms with Crippen molar-refractivity contribution < 1.29 is 4.42 Å². The van der Waals surface area contributed by atoms with Gasteiger partial charge >= 0.3 is 5.76 Å². The molecule has 0 atom stereocenters. The van der Waals surface area contributed by atoms with Crippen LogP contribution in [0.15, 0.2) is 82.5 Å². The van der Waals surface area contributed by atoms with Crippen LogP contribution in [0.1, 0.15) is 0 Å². The number of aromatic nitrogens is 1. The molecule has 104 valence electrons. The molecule has 21 heavy (non-hydrogen) atoms. The quantitative estimate of drug-likeness (QED) is 0.676. The van der Waals surface area contributed by atoms with Gasteiger partial charge in [0.15, 0.2) is 5.76 Å². The summed E-state index contributed by atoms with van der Waals surface area (Å²) in [6.07, 6.45) is 1.69. The Morgan fingerprint density at radius 2 is 1.52 bits per heavy atom. The molecule has 0 aliphatic carbocycles. The molecule has 0 aliphatic rings. The first-order chi connectivity index (χ1) is 10.3. The second kappa shape index (κ2) is 5.67. The minimum absolute atomic E-state index is 0.368. The van der Waals surface area contributed by atoms with Crippen LogP contribution in [0.3, 0.4) is 0 Å². The van der Waals surface area contributed by atoms with Gasteiger partial charge in [0.05, 0.1) is 5.69 Å². The number of benzene rings is 2. The topological polar surface area (TPSA) is 35.1 Å². The van der Waals surface area contributed by atoms with E-state index in [1.54, 1.807) is 10.6 Å². The molecule has 0 radical (unpaired) electrons. The summed E-state index contributed by atoms with van der Waals surface area (Å²) in [5.74, 6) is 0.223. The van der Waals surface area contributed by atoms with Crippen LogP contribution in [0.4, 0.5) is 0 Å². The smallest absolute Gasteiger partial charge is 0.407 e. The van der Waals surface area contributed by atoms with Gasteiger partial charge in [-0.3, -0.25) is 4.57 Å². The van der Waals surface area contributed by atoms with Crippen molar-refractivity contribution >= 4 is 0 Å². The van der Waals surface area contributed by atoms with Crippen molar-refractivity contribution in [3.8, 4) is 22.6 Å². The zero-order valence-electron chi connectivity index (χ0n) is 11.5. The van der Waals surface area contributed by atoms with Crippen molar-refractivity contribution in [3.05, 3.63) is 83.9 Å². The maximum atomic E-state index is 12.1. The summed E-state index contributed by atoms with van der Waals surface area (Å²) in [7, 11) is 0. The average Bonchev–Trinajstić information content (AvgIpc) is 2.86. The molecule has 0 saturated carbocycles. The lowest BCUT2D eigenvalue weighted by atomic mass is 10.1. The standard InChI is InChI=1S/C18H15NO2/c1-2-13-19-16(14-9-5-3-6-10-14)17(21-18(19)20)15-11-7-4-8-12-15/h2-12H,1,13H2. The first-order valence-corrected chi connectivity index (χ1v) is 6.76. The van der Waals surface area contributed by atoms with Crippen LogP contribution >= 0.6 is 0 Å². The molecule has 0 unspecified atom stereocenters. The Labute approximate surface area is 122 Å². The second-order valence-corrected chi connectivity index (χ2v) is 4.68. The highest BCUT2D eigenvalue weighted by atomic mass is 16.4. The van der Waals surface area contributed by atoms with E-state index in [2.05, 4.69) is 6.58 Å². The van der Waals surface area contributed by atoms with Crippen molar-refractivity contribution in [3.63, 3.8) is 0 Å². The molecule has 0 aliphatic heterocycles. The van der Waals surface area contributed by atoms with Crippen LogP contribution in [0, 0.1) is 0 Å². The maximum absolute atomic E-state index is 12.1. The molecule has 0 spiro atoms. The third-order valence-electron chi connectivity index (χ3n) is 3.29. The Bertz CT molecular complexity index is 798. The van der Waals surface area contributed by atoms with Gasteiger partial charge in [-0.2, -0.15) is 0 Å². The monoisotopic (exact) mass is 277 g/mol. The van der Waals surface area contributed by atoms with E-state index in [0.29, 0.717) is 12.3 Å². The number of hydrogen-bond donors (Lipinski definition) is 0. The predicted molar refractivity (Wildman–Crippen MR) is 84.0 cm³/mol. The van der Waals surface area contributed by atoms with E-state index in [4.69, 9.17) is 4.42 Å². The van der Waals surface area contributed by atoms with Crippen molar-refractivity contribution in [2.45, 2.75) is 6.54 Å². The van der Waals surface area contributed by atoms with Crippen LogP contribution in [0.5, 0.6) is 0 Å². The summed E-state index contributed by atoms with van der Waals surface area (Å²) >= 11 is 0. The van der Waals surface area contributed by atoms with E-state index in [0.717, 1.165) is 16.8 Å². The summed E-state index contributed by atoms with van der Waals surface area (Å²) in [4.78, 5) is 12.1. The lowest BCUT2D eigenvalue weighted by Gasteiger charge is -2.06. The third-order valence-corrected chi connectivity index (χ3v) is 3.29. The van der Waals surface area contributed by atoms with Crippen LogP contribution in [-0.2, 0) is 6.54 Å². The van der Waals surface area contributed by atoms with Gasteiger partial charge in [-0.1, -0.05) is 66.7 Å². The van der Waals surface area contributed by atoms with Gasteiger partial charge in [-0.25, -0.2) is 4.79 Å². The van der Waals surface area contributed by atoms with Gasteiger partial charge < -0.3 is 4.42 Å². The van der Waals surface area contributed by atoms with E-state index in [1.807, 2.05) is 60.7 Å². The lowest BCUT2D eigenvalue weighted by molar-refractivity contribution is 0.499. The van der Waals surface area contributed by atoms with Crippen molar-refractivity contribution in [2.75, 3.05) is 0 Å². The predicted octanol–water partition coefficient (Wildman–Crippen LogP) is 3.96. The van der Waals surface area contributed by atoms with Crippen molar-refractivity contribution in [1.29, 1.82) is 0 Å².